The van der Waals surface area contributed by atoms with Crippen molar-refractivity contribution in [2.45, 2.75) is 77.0 Å². The fourth-order valence-electron chi connectivity index (χ4n) is 18.5. The minimum Gasteiger partial charge on any atom is -0.456 e. The molecule has 95 heavy (non-hydrogen) atoms. The lowest BCUT2D eigenvalue weighted by molar-refractivity contribution is 0.600. The van der Waals surface area contributed by atoms with Gasteiger partial charge in [0.1, 0.15) is 44.7 Å². The normalized spacial score (nSPS) is 15.5. The van der Waals surface area contributed by atoms with E-state index >= 15 is 0 Å². The van der Waals surface area contributed by atoms with Crippen molar-refractivity contribution >= 4 is 105 Å². The molecular formula is C90H63NO4. The molecule has 4 aliphatic carbocycles. The molecular weight excluding hydrogens is 1160 g/mol. The molecule has 0 radical (unpaired) electrons. The highest BCUT2D eigenvalue weighted by atomic mass is 16.3. The molecule has 13 aromatic carbocycles. The van der Waals surface area contributed by atoms with Crippen molar-refractivity contribution < 1.29 is 17.7 Å². The Hall–Kier alpha value is -11.1. The topological polar surface area (TPSA) is 55.8 Å². The van der Waals surface area contributed by atoms with Crippen molar-refractivity contribution in [3.05, 3.63) is 281 Å². The average molecular weight is 1220 g/mol. The van der Waals surface area contributed by atoms with E-state index in [0.717, 1.165) is 116 Å². The number of benzene rings is 13. The van der Waals surface area contributed by atoms with Gasteiger partial charge in [0.2, 0.25) is 0 Å². The van der Waals surface area contributed by atoms with Gasteiger partial charge in [-0.3, -0.25) is 0 Å². The van der Waals surface area contributed by atoms with Crippen LogP contribution >= 0.6 is 0 Å². The molecule has 452 valence electrons. The first-order chi connectivity index (χ1) is 46.1. The van der Waals surface area contributed by atoms with Crippen LogP contribution in [0.2, 0.25) is 0 Å². The quantitative estimate of drug-likeness (QED) is 0.172. The Morgan fingerprint density at radius 3 is 1.20 bits per heavy atom. The second-order valence-electron chi connectivity index (χ2n) is 29.3. The Morgan fingerprint density at radius 2 is 0.642 bits per heavy atom. The van der Waals surface area contributed by atoms with Crippen molar-refractivity contribution in [1.82, 2.24) is 0 Å². The molecule has 0 saturated heterocycles. The first-order valence-corrected chi connectivity index (χ1v) is 33.5. The standard InChI is InChI=1S/C90H63NO4/c1-87(2)65-43-50(35-39-56(65)75-68(87)46-62(48-22-10-9-11-23-48)84-78(75)59-26-14-19-31-71(59)93-84)91(52-37-41-58-67(45-52)90(7,8)82-77(58)80-61-28-16-21-33-73(61)95-86(80)81-55-25-12-17-29-64(55)89(5,6)83(81)82)51-36-40-57-66(44-51)88(3,4)69-47-63(85-79(76(57)69)60-27-15-20-32-72(60)94-85)49-34-38-54-53-24-13-18-30-70(53)92-74(54)42-49/h9-47H,1-8H3. The summed E-state index contributed by atoms with van der Waals surface area (Å²) in [5.74, 6) is 0. The van der Waals surface area contributed by atoms with Crippen LogP contribution in [-0.2, 0) is 21.7 Å². The summed E-state index contributed by atoms with van der Waals surface area (Å²) in [5.41, 5.74) is 33.9. The molecule has 17 aromatic rings. The van der Waals surface area contributed by atoms with Gasteiger partial charge in [0.15, 0.2) is 0 Å². The first kappa shape index (κ1) is 53.4. The maximum Gasteiger partial charge on any atom is 0.144 e. The minimum absolute atomic E-state index is 0.283. The summed E-state index contributed by atoms with van der Waals surface area (Å²) >= 11 is 0. The van der Waals surface area contributed by atoms with E-state index in [0.29, 0.717) is 0 Å². The van der Waals surface area contributed by atoms with Gasteiger partial charge < -0.3 is 22.6 Å². The molecule has 21 rings (SSSR count). The predicted octanol–water partition coefficient (Wildman–Crippen LogP) is 25.3. The summed E-state index contributed by atoms with van der Waals surface area (Å²) in [6, 6.07) is 87.3. The molecule has 4 aliphatic rings. The van der Waals surface area contributed by atoms with Crippen LogP contribution in [0.15, 0.2) is 254 Å². The lowest BCUT2D eigenvalue weighted by Crippen LogP contribution is -2.24. The van der Waals surface area contributed by atoms with E-state index in [9.17, 15) is 0 Å². The highest BCUT2D eigenvalue weighted by Gasteiger charge is 2.49. The summed E-state index contributed by atoms with van der Waals surface area (Å²) in [5, 5.41) is 9.13. The smallest absolute Gasteiger partial charge is 0.144 e. The number of furan rings is 4. The molecule has 0 bridgehead atoms. The molecule has 4 aromatic heterocycles. The van der Waals surface area contributed by atoms with E-state index in [1.165, 1.54) is 99.8 Å². The Labute approximate surface area is 549 Å². The Balaban J connectivity index is 0.794. The number of hydrogen-bond acceptors (Lipinski definition) is 5. The van der Waals surface area contributed by atoms with Gasteiger partial charge in [-0.15, -0.1) is 0 Å². The first-order valence-electron chi connectivity index (χ1n) is 33.5. The number of rotatable bonds is 5. The Morgan fingerprint density at radius 1 is 0.242 bits per heavy atom. The monoisotopic (exact) mass is 1220 g/mol. The van der Waals surface area contributed by atoms with Crippen LogP contribution in [0.5, 0.6) is 0 Å². The SMILES string of the molecule is CC1(C)c2cc(N(c3ccc4c(c3)C(C)(C)c3cc(-c5ccc6c(c5)oc5ccccc56)c5oc6ccccc6c5c3-4)c3ccc4c(c3)C(C)(C)c3c5c(c6oc7ccccc7c6c3-4)-c3ccccc3C5(C)C)ccc2-c2c1cc(-c1ccccc1)c1oc3ccccc3c21. The van der Waals surface area contributed by atoms with Crippen LogP contribution in [0.1, 0.15) is 99.9 Å². The van der Waals surface area contributed by atoms with Crippen LogP contribution in [0, 0.1) is 0 Å². The van der Waals surface area contributed by atoms with Gasteiger partial charge in [-0.1, -0.05) is 207 Å². The Kier molecular flexibility index (Phi) is 10.1. The zero-order valence-electron chi connectivity index (χ0n) is 54.1. The van der Waals surface area contributed by atoms with E-state index in [1.807, 2.05) is 6.07 Å². The molecule has 5 heteroatoms. The van der Waals surface area contributed by atoms with E-state index in [-0.39, 0.29) is 10.8 Å². The fourth-order valence-corrected chi connectivity index (χ4v) is 18.5. The highest BCUT2D eigenvalue weighted by Crippen LogP contribution is 2.65. The van der Waals surface area contributed by atoms with Gasteiger partial charge in [0.25, 0.3) is 0 Å². The van der Waals surface area contributed by atoms with E-state index in [2.05, 4.69) is 291 Å². The zero-order chi connectivity index (χ0) is 63.5. The van der Waals surface area contributed by atoms with E-state index < -0.39 is 10.8 Å². The van der Waals surface area contributed by atoms with Crippen LogP contribution in [0.3, 0.4) is 0 Å². The summed E-state index contributed by atoms with van der Waals surface area (Å²) in [4.78, 5) is 2.56. The van der Waals surface area contributed by atoms with Gasteiger partial charge in [-0.05, 0) is 180 Å². The van der Waals surface area contributed by atoms with Gasteiger partial charge in [-0.2, -0.15) is 0 Å². The number of nitrogens with zero attached hydrogens (tertiary/aromatic N) is 1. The van der Waals surface area contributed by atoms with Crippen LogP contribution < -0.4 is 4.90 Å². The van der Waals surface area contributed by atoms with Crippen LogP contribution in [0.4, 0.5) is 17.1 Å². The summed E-state index contributed by atoms with van der Waals surface area (Å²) in [6.45, 7) is 19.4. The number of fused-ring (bicyclic) bond motifs is 29. The van der Waals surface area contributed by atoms with Gasteiger partial charge >= 0.3 is 0 Å². The van der Waals surface area contributed by atoms with Gasteiger partial charge in [0.05, 0.1) is 0 Å². The predicted molar refractivity (Wildman–Crippen MR) is 391 cm³/mol. The van der Waals surface area contributed by atoms with Crippen molar-refractivity contribution in [3.63, 3.8) is 0 Å². The Bertz CT molecular complexity index is 6350. The minimum atomic E-state index is -0.432. The maximum absolute atomic E-state index is 7.13. The second-order valence-corrected chi connectivity index (χ2v) is 29.3. The molecule has 0 N–H and O–H groups in total. The van der Waals surface area contributed by atoms with Crippen LogP contribution in [0.25, 0.3) is 155 Å². The van der Waals surface area contributed by atoms with Gasteiger partial charge in [0, 0.05) is 98.5 Å². The van der Waals surface area contributed by atoms with Gasteiger partial charge in [-0.25, -0.2) is 0 Å². The van der Waals surface area contributed by atoms with E-state index in [4.69, 9.17) is 17.7 Å². The zero-order valence-corrected chi connectivity index (χ0v) is 54.1. The van der Waals surface area contributed by atoms with Crippen LogP contribution in [-0.4, -0.2) is 0 Å². The summed E-state index contributed by atoms with van der Waals surface area (Å²) in [7, 11) is 0. The summed E-state index contributed by atoms with van der Waals surface area (Å²) in [6.07, 6.45) is 0. The molecule has 0 amide bonds. The maximum atomic E-state index is 7.13. The average Bonchev–Trinajstić information content (AvgIpc) is 1.52. The van der Waals surface area contributed by atoms with Crippen molar-refractivity contribution in [1.29, 1.82) is 0 Å². The molecule has 0 unspecified atom stereocenters. The molecule has 5 nitrogen and oxygen atoms in total. The lowest BCUT2D eigenvalue weighted by atomic mass is 9.72. The molecule has 0 fully saturated rings. The number of anilines is 3. The fraction of sp³-hybridized carbons (Fsp3) is 0.133. The molecule has 0 aliphatic heterocycles. The highest BCUT2D eigenvalue weighted by molar-refractivity contribution is 6.23. The largest absolute Gasteiger partial charge is 0.456 e. The summed E-state index contributed by atoms with van der Waals surface area (Å²) < 4.78 is 27.7. The van der Waals surface area contributed by atoms with Crippen molar-refractivity contribution in [2.24, 2.45) is 0 Å². The number of hydrogen-bond donors (Lipinski definition) is 0. The molecule has 0 spiro atoms. The molecule has 0 atom stereocenters. The molecule has 4 heterocycles. The molecule has 0 saturated carbocycles. The van der Waals surface area contributed by atoms with E-state index in [1.54, 1.807) is 0 Å². The third-order valence-corrected chi connectivity index (χ3v) is 23.0. The lowest BCUT2D eigenvalue weighted by Gasteiger charge is -2.32. The third kappa shape index (κ3) is 6.72. The third-order valence-electron chi connectivity index (χ3n) is 23.0. The second kappa shape index (κ2) is 18.0. The van der Waals surface area contributed by atoms with Crippen molar-refractivity contribution in [3.8, 4) is 66.8 Å². The number of para-hydroxylation sites is 4. The van der Waals surface area contributed by atoms with Crippen molar-refractivity contribution in [2.75, 3.05) is 4.90 Å².